The summed E-state index contributed by atoms with van der Waals surface area (Å²) in [6.07, 6.45) is 2.92. The number of rotatable bonds is 7. The highest BCUT2D eigenvalue weighted by Gasteiger charge is 2.14. The van der Waals surface area contributed by atoms with E-state index in [0.29, 0.717) is 34.4 Å². The molecule has 0 aliphatic heterocycles. The van der Waals surface area contributed by atoms with Gasteiger partial charge in [0.1, 0.15) is 0 Å². The molecule has 0 bridgehead atoms. The molecule has 0 unspecified atom stereocenters. The molecular weight excluding hydrogens is 372 g/mol. The minimum atomic E-state index is -0.279. The molecule has 2 N–H and O–H groups in total. The largest absolute Gasteiger partial charge is 0.493 e. The van der Waals surface area contributed by atoms with Crippen LogP contribution in [0.15, 0.2) is 48.8 Å². The average Bonchev–Trinajstić information content (AvgIpc) is 2.75. The maximum Gasteiger partial charge on any atom is 0.258 e. The van der Waals surface area contributed by atoms with Crippen molar-refractivity contribution in [3.05, 3.63) is 59.9 Å². The van der Waals surface area contributed by atoms with Gasteiger partial charge in [0.25, 0.3) is 5.91 Å². The van der Waals surface area contributed by atoms with E-state index in [9.17, 15) is 4.79 Å². The summed E-state index contributed by atoms with van der Waals surface area (Å²) in [5, 5.41) is 5.91. The molecule has 0 aliphatic rings. The van der Waals surface area contributed by atoms with E-state index in [-0.39, 0.29) is 5.91 Å². The van der Waals surface area contributed by atoms with E-state index in [2.05, 4.69) is 20.6 Å². The topological polar surface area (TPSA) is 94.6 Å². The van der Waals surface area contributed by atoms with Crippen LogP contribution in [0.5, 0.6) is 17.2 Å². The van der Waals surface area contributed by atoms with Gasteiger partial charge in [-0.3, -0.25) is 4.79 Å². The second kappa shape index (κ2) is 8.92. The van der Waals surface area contributed by atoms with E-state index in [4.69, 9.17) is 14.2 Å². The molecule has 0 fully saturated rings. The number of nitrogens with one attached hydrogen (secondary N) is 2. The maximum atomic E-state index is 12.4. The van der Waals surface area contributed by atoms with Crippen LogP contribution in [0.1, 0.15) is 15.9 Å². The number of benzene rings is 2. The van der Waals surface area contributed by atoms with Crippen LogP contribution in [-0.4, -0.2) is 37.2 Å². The van der Waals surface area contributed by atoms with Gasteiger partial charge in [0.2, 0.25) is 11.7 Å². The van der Waals surface area contributed by atoms with E-state index in [0.717, 1.165) is 11.3 Å². The molecule has 0 spiro atoms. The molecule has 0 saturated heterocycles. The summed E-state index contributed by atoms with van der Waals surface area (Å²) in [6, 6.07) is 11.0. The Balaban J connectivity index is 1.75. The SMILES string of the molecule is COc1cc(Nc2ncc(C(=O)Nc3ccccc3C)cn2)cc(OC)c1OC. The van der Waals surface area contributed by atoms with Crippen molar-refractivity contribution < 1.29 is 19.0 Å². The van der Waals surface area contributed by atoms with Crippen LogP contribution in [0.2, 0.25) is 0 Å². The zero-order valence-corrected chi connectivity index (χ0v) is 16.6. The quantitative estimate of drug-likeness (QED) is 0.629. The van der Waals surface area contributed by atoms with Gasteiger partial charge in [-0.05, 0) is 18.6 Å². The normalized spacial score (nSPS) is 10.2. The number of anilines is 3. The second-order valence-corrected chi connectivity index (χ2v) is 6.10. The summed E-state index contributed by atoms with van der Waals surface area (Å²) in [5.74, 6) is 1.54. The standard InChI is InChI=1S/C21H22N4O4/c1-13-7-5-6-8-16(13)25-20(26)14-11-22-21(23-12-14)24-15-9-17(27-2)19(29-4)18(10-15)28-3/h5-12H,1-4H3,(H,25,26)(H,22,23,24). The van der Waals surface area contributed by atoms with Crippen LogP contribution in [0.3, 0.4) is 0 Å². The third-order valence-electron chi connectivity index (χ3n) is 4.23. The fourth-order valence-corrected chi connectivity index (χ4v) is 2.70. The number of hydrogen-bond donors (Lipinski definition) is 2. The molecular formula is C21H22N4O4. The van der Waals surface area contributed by atoms with Crippen molar-refractivity contribution in [3.63, 3.8) is 0 Å². The van der Waals surface area contributed by atoms with Gasteiger partial charge in [0.15, 0.2) is 11.5 Å². The Morgan fingerprint density at radius 1 is 0.931 bits per heavy atom. The number of ether oxygens (including phenoxy) is 3. The molecule has 3 aromatic rings. The van der Waals surface area contributed by atoms with Crippen molar-refractivity contribution in [2.24, 2.45) is 0 Å². The third kappa shape index (κ3) is 4.55. The second-order valence-electron chi connectivity index (χ2n) is 6.10. The van der Waals surface area contributed by atoms with Crippen molar-refractivity contribution in [2.75, 3.05) is 32.0 Å². The number of carbonyl (C=O) groups excluding carboxylic acids is 1. The molecule has 1 aromatic heterocycles. The zero-order chi connectivity index (χ0) is 20.8. The highest BCUT2D eigenvalue weighted by Crippen LogP contribution is 2.40. The van der Waals surface area contributed by atoms with Gasteiger partial charge >= 0.3 is 0 Å². The first-order valence-electron chi connectivity index (χ1n) is 8.81. The molecule has 2 aromatic carbocycles. The fourth-order valence-electron chi connectivity index (χ4n) is 2.70. The summed E-state index contributed by atoms with van der Waals surface area (Å²) < 4.78 is 16.0. The molecule has 1 amide bonds. The van der Waals surface area contributed by atoms with Crippen LogP contribution in [0.4, 0.5) is 17.3 Å². The number of para-hydroxylation sites is 1. The molecule has 0 radical (unpaired) electrons. The van der Waals surface area contributed by atoms with Crippen LogP contribution < -0.4 is 24.8 Å². The van der Waals surface area contributed by atoms with E-state index in [1.165, 1.54) is 19.5 Å². The first-order chi connectivity index (χ1) is 14.0. The van der Waals surface area contributed by atoms with Crippen LogP contribution in [0, 0.1) is 6.92 Å². The van der Waals surface area contributed by atoms with Gasteiger partial charge in [0.05, 0.1) is 26.9 Å². The summed E-state index contributed by atoms with van der Waals surface area (Å²) >= 11 is 0. The van der Waals surface area contributed by atoms with Gasteiger partial charge in [-0.1, -0.05) is 18.2 Å². The third-order valence-corrected chi connectivity index (χ3v) is 4.23. The van der Waals surface area contributed by atoms with Crippen molar-refractivity contribution in [1.82, 2.24) is 9.97 Å². The summed E-state index contributed by atoms with van der Waals surface area (Å²) in [6.45, 7) is 1.93. The number of amides is 1. The van der Waals surface area contributed by atoms with Crippen molar-refractivity contribution in [2.45, 2.75) is 6.92 Å². The number of hydrogen-bond acceptors (Lipinski definition) is 7. The predicted molar refractivity (Wildman–Crippen MR) is 111 cm³/mol. The lowest BCUT2D eigenvalue weighted by Crippen LogP contribution is -2.13. The molecule has 29 heavy (non-hydrogen) atoms. The smallest absolute Gasteiger partial charge is 0.258 e. The Morgan fingerprint density at radius 2 is 1.55 bits per heavy atom. The Kier molecular flexibility index (Phi) is 6.13. The number of aromatic nitrogens is 2. The Hall–Kier alpha value is -3.81. The molecule has 0 atom stereocenters. The lowest BCUT2D eigenvalue weighted by molar-refractivity contribution is 0.102. The maximum absolute atomic E-state index is 12.4. The summed E-state index contributed by atoms with van der Waals surface area (Å²) in [5.41, 5.74) is 2.72. The van der Waals surface area contributed by atoms with Crippen LogP contribution >= 0.6 is 0 Å². The number of carbonyl (C=O) groups is 1. The van der Waals surface area contributed by atoms with Crippen molar-refractivity contribution in [3.8, 4) is 17.2 Å². The summed E-state index contributed by atoms with van der Waals surface area (Å²) in [4.78, 5) is 20.8. The Morgan fingerprint density at radius 3 is 2.10 bits per heavy atom. The van der Waals surface area contributed by atoms with Crippen LogP contribution in [0.25, 0.3) is 0 Å². The molecule has 3 rings (SSSR count). The van der Waals surface area contributed by atoms with Gasteiger partial charge in [-0.15, -0.1) is 0 Å². The number of methoxy groups -OCH3 is 3. The first kappa shape index (κ1) is 19.9. The first-order valence-corrected chi connectivity index (χ1v) is 8.81. The fraction of sp³-hybridized carbons (Fsp3) is 0.190. The monoisotopic (exact) mass is 394 g/mol. The Bertz CT molecular complexity index is 981. The van der Waals surface area contributed by atoms with E-state index < -0.39 is 0 Å². The lowest BCUT2D eigenvalue weighted by Gasteiger charge is -2.14. The molecule has 150 valence electrons. The zero-order valence-electron chi connectivity index (χ0n) is 16.6. The lowest BCUT2D eigenvalue weighted by atomic mass is 10.2. The molecule has 0 saturated carbocycles. The van der Waals surface area contributed by atoms with E-state index in [1.54, 1.807) is 26.4 Å². The van der Waals surface area contributed by atoms with Gasteiger partial charge in [-0.2, -0.15) is 0 Å². The van der Waals surface area contributed by atoms with Crippen molar-refractivity contribution >= 4 is 23.2 Å². The molecule has 8 nitrogen and oxygen atoms in total. The van der Waals surface area contributed by atoms with Gasteiger partial charge in [0, 0.05) is 35.9 Å². The van der Waals surface area contributed by atoms with E-state index in [1.807, 2.05) is 31.2 Å². The van der Waals surface area contributed by atoms with Gasteiger partial charge in [-0.25, -0.2) is 9.97 Å². The minimum absolute atomic E-state index is 0.279. The molecule has 8 heteroatoms. The van der Waals surface area contributed by atoms with Crippen LogP contribution in [-0.2, 0) is 0 Å². The highest BCUT2D eigenvalue weighted by molar-refractivity contribution is 6.04. The number of nitrogens with zero attached hydrogens (tertiary/aromatic N) is 2. The Labute approximate surface area is 168 Å². The molecule has 1 heterocycles. The average molecular weight is 394 g/mol. The highest BCUT2D eigenvalue weighted by atomic mass is 16.5. The molecule has 0 aliphatic carbocycles. The van der Waals surface area contributed by atoms with Crippen molar-refractivity contribution in [1.29, 1.82) is 0 Å². The van der Waals surface area contributed by atoms with E-state index >= 15 is 0 Å². The predicted octanol–water partition coefficient (Wildman–Crippen LogP) is 3.81. The number of aryl methyl sites for hydroxylation is 1. The summed E-state index contributed by atoms with van der Waals surface area (Å²) in [7, 11) is 4.62. The minimum Gasteiger partial charge on any atom is -0.493 e. The van der Waals surface area contributed by atoms with Gasteiger partial charge < -0.3 is 24.8 Å².